The molecule has 0 bridgehead atoms. The van der Waals surface area contributed by atoms with E-state index < -0.39 is 0 Å². The third kappa shape index (κ3) is 3.98. The molecule has 0 aromatic heterocycles. The van der Waals surface area contributed by atoms with Crippen LogP contribution in [0.5, 0.6) is 0 Å². The minimum Gasteiger partial charge on any atom is -0.329 e. The molecule has 0 aliphatic carbocycles. The van der Waals surface area contributed by atoms with Gasteiger partial charge in [0.05, 0.1) is 0 Å². The highest BCUT2D eigenvalue weighted by molar-refractivity contribution is 4.98. The first kappa shape index (κ1) is 17.2. The summed E-state index contributed by atoms with van der Waals surface area (Å²) in [6, 6.07) is 0.675. The Morgan fingerprint density at radius 2 is 1.86 bits per heavy atom. The van der Waals surface area contributed by atoms with Crippen LogP contribution in [0.2, 0.25) is 0 Å². The molecule has 4 heteroatoms. The molecule has 4 nitrogen and oxygen atoms in total. The van der Waals surface area contributed by atoms with Crippen LogP contribution in [0.15, 0.2) is 0 Å². The third-order valence-electron chi connectivity index (χ3n) is 5.82. The summed E-state index contributed by atoms with van der Waals surface area (Å²) in [6.45, 7) is 12.8. The summed E-state index contributed by atoms with van der Waals surface area (Å²) in [5, 5.41) is 0. The van der Waals surface area contributed by atoms with Crippen molar-refractivity contribution in [3.63, 3.8) is 0 Å². The van der Waals surface area contributed by atoms with Crippen molar-refractivity contribution in [1.29, 1.82) is 0 Å². The zero-order valence-corrected chi connectivity index (χ0v) is 14.5. The van der Waals surface area contributed by atoms with E-state index in [0.717, 1.165) is 6.54 Å². The third-order valence-corrected chi connectivity index (χ3v) is 5.82. The molecule has 2 fully saturated rings. The molecule has 0 amide bonds. The Kier molecular flexibility index (Phi) is 6.48. The lowest BCUT2D eigenvalue weighted by atomic mass is 9.86. The van der Waals surface area contributed by atoms with Gasteiger partial charge in [0, 0.05) is 31.2 Å². The highest BCUT2D eigenvalue weighted by atomic mass is 15.3. The molecule has 2 N–H and O–H groups in total. The largest absolute Gasteiger partial charge is 0.329 e. The van der Waals surface area contributed by atoms with Crippen molar-refractivity contribution in [2.45, 2.75) is 57.5 Å². The van der Waals surface area contributed by atoms with E-state index in [0.29, 0.717) is 6.04 Å². The Balaban J connectivity index is 2.16. The number of rotatable bonds is 4. The lowest BCUT2D eigenvalue weighted by molar-refractivity contribution is 0.0350. The molecule has 0 aromatic rings. The number of hydrogen-bond acceptors (Lipinski definition) is 4. The molecule has 2 rings (SSSR count). The number of likely N-dealkylation sites (N-methyl/N-ethyl adjacent to an activating group) is 1. The van der Waals surface area contributed by atoms with E-state index in [-0.39, 0.29) is 5.54 Å². The maximum atomic E-state index is 6.35. The molecule has 2 unspecified atom stereocenters. The van der Waals surface area contributed by atoms with E-state index in [1.165, 1.54) is 71.4 Å². The molecule has 0 saturated carbocycles. The van der Waals surface area contributed by atoms with Gasteiger partial charge < -0.3 is 15.5 Å². The van der Waals surface area contributed by atoms with Crippen molar-refractivity contribution >= 4 is 0 Å². The Hall–Kier alpha value is -0.160. The smallest absolute Gasteiger partial charge is 0.0347 e. The first-order valence-electron chi connectivity index (χ1n) is 9.03. The summed E-state index contributed by atoms with van der Waals surface area (Å²) in [5.41, 5.74) is 6.60. The summed E-state index contributed by atoms with van der Waals surface area (Å²) in [5.74, 6) is 0. The second-order valence-corrected chi connectivity index (χ2v) is 7.09. The molecule has 2 aliphatic heterocycles. The van der Waals surface area contributed by atoms with Gasteiger partial charge in [-0.1, -0.05) is 13.8 Å². The van der Waals surface area contributed by atoms with Gasteiger partial charge in [-0.05, 0) is 65.3 Å². The summed E-state index contributed by atoms with van der Waals surface area (Å²) >= 11 is 0. The van der Waals surface area contributed by atoms with Gasteiger partial charge in [-0.2, -0.15) is 0 Å². The SMILES string of the molecule is CCC1CN(C)CCCN1C1(CN)CCCN(CC)CC1. The summed E-state index contributed by atoms with van der Waals surface area (Å²) in [7, 11) is 2.27. The second kappa shape index (κ2) is 7.91. The van der Waals surface area contributed by atoms with Crippen LogP contribution in [0.3, 0.4) is 0 Å². The van der Waals surface area contributed by atoms with Crippen LogP contribution < -0.4 is 5.73 Å². The van der Waals surface area contributed by atoms with Crippen LogP contribution >= 0.6 is 0 Å². The Labute approximate surface area is 131 Å². The van der Waals surface area contributed by atoms with Gasteiger partial charge in [-0.25, -0.2) is 0 Å². The summed E-state index contributed by atoms with van der Waals surface area (Å²) in [6.07, 6.45) is 6.35. The van der Waals surface area contributed by atoms with E-state index in [2.05, 4.69) is 35.6 Å². The maximum Gasteiger partial charge on any atom is 0.0347 e. The van der Waals surface area contributed by atoms with E-state index in [9.17, 15) is 0 Å². The molecule has 0 spiro atoms. The van der Waals surface area contributed by atoms with Crippen molar-refractivity contribution in [3.05, 3.63) is 0 Å². The van der Waals surface area contributed by atoms with Crippen LogP contribution in [0, 0.1) is 0 Å². The lowest BCUT2D eigenvalue weighted by Gasteiger charge is -2.47. The van der Waals surface area contributed by atoms with Gasteiger partial charge in [-0.15, -0.1) is 0 Å². The molecule has 2 aliphatic rings. The van der Waals surface area contributed by atoms with Crippen molar-refractivity contribution < 1.29 is 0 Å². The fourth-order valence-electron chi connectivity index (χ4n) is 4.38. The number of likely N-dealkylation sites (tertiary alicyclic amines) is 1. The molecule has 0 aromatic carbocycles. The Bertz CT molecular complexity index is 309. The van der Waals surface area contributed by atoms with Gasteiger partial charge in [-0.3, -0.25) is 4.90 Å². The van der Waals surface area contributed by atoms with E-state index >= 15 is 0 Å². The van der Waals surface area contributed by atoms with Crippen LogP contribution in [0.25, 0.3) is 0 Å². The summed E-state index contributed by atoms with van der Waals surface area (Å²) < 4.78 is 0. The zero-order valence-electron chi connectivity index (χ0n) is 14.5. The predicted octanol–water partition coefficient (Wildman–Crippen LogP) is 1.61. The summed E-state index contributed by atoms with van der Waals surface area (Å²) in [4.78, 5) is 7.92. The second-order valence-electron chi connectivity index (χ2n) is 7.09. The van der Waals surface area contributed by atoms with E-state index in [1.807, 2.05) is 0 Å². The minimum atomic E-state index is 0.246. The number of nitrogens with zero attached hydrogens (tertiary/aromatic N) is 3. The molecule has 0 radical (unpaired) electrons. The maximum absolute atomic E-state index is 6.35. The molecule has 124 valence electrons. The van der Waals surface area contributed by atoms with Crippen molar-refractivity contribution in [1.82, 2.24) is 14.7 Å². The van der Waals surface area contributed by atoms with Crippen LogP contribution in [0.4, 0.5) is 0 Å². The Morgan fingerprint density at radius 3 is 2.52 bits per heavy atom. The zero-order chi connectivity index (χ0) is 15.3. The molecular formula is C17H36N4. The van der Waals surface area contributed by atoms with Gasteiger partial charge in [0.1, 0.15) is 0 Å². The molecule has 2 saturated heterocycles. The first-order chi connectivity index (χ1) is 10.1. The van der Waals surface area contributed by atoms with Crippen molar-refractivity contribution in [3.8, 4) is 0 Å². The van der Waals surface area contributed by atoms with E-state index in [4.69, 9.17) is 5.73 Å². The minimum absolute atomic E-state index is 0.246. The first-order valence-corrected chi connectivity index (χ1v) is 9.03. The van der Waals surface area contributed by atoms with Crippen molar-refractivity contribution in [2.24, 2.45) is 5.73 Å². The average Bonchev–Trinajstić information content (AvgIpc) is 2.83. The quantitative estimate of drug-likeness (QED) is 0.855. The average molecular weight is 297 g/mol. The highest BCUT2D eigenvalue weighted by Gasteiger charge is 2.40. The number of hydrogen-bond donors (Lipinski definition) is 1. The predicted molar refractivity (Wildman–Crippen MR) is 90.6 cm³/mol. The fourth-order valence-corrected chi connectivity index (χ4v) is 4.38. The van der Waals surface area contributed by atoms with Gasteiger partial charge in [0.15, 0.2) is 0 Å². The van der Waals surface area contributed by atoms with E-state index in [1.54, 1.807) is 0 Å². The van der Waals surface area contributed by atoms with Crippen LogP contribution in [0.1, 0.15) is 46.0 Å². The standard InChI is InChI=1S/C17H36N4/c1-4-16-14-19(3)10-7-12-21(16)17(15-18)8-6-11-20(5-2)13-9-17/h16H,4-15,18H2,1-3H3. The van der Waals surface area contributed by atoms with Gasteiger partial charge >= 0.3 is 0 Å². The molecule has 2 atom stereocenters. The molecule has 2 heterocycles. The van der Waals surface area contributed by atoms with Crippen molar-refractivity contribution in [2.75, 3.05) is 52.9 Å². The van der Waals surface area contributed by atoms with Gasteiger partial charge in [0.2, 0.25) is 0 Å². The normalized spacial score (nSPS) is 34.6. The van der Waals surface area contributed by atoms with Crippen LogP contribution in [-0.4, -0.2) is 79.1 Å². The monoisotopic (exact) mass is 296 g/mol. The molecule has 21 heavy (non-hydrogen) atoms. The fraction of sp³-hybridized carbons (Fsp3) is 1.00. The lowest BCUT2D eigenvalue weighted by Crippen LogP contribution is -2.59. The number of nitrogens with two attached hydrogens (primary N) is 1. The highest BCUT2D eigenvalue weighted by Crippen LogP contribution is 2.32. The van der Waals surface area contributed by atoms with Crippen LogP contribution in [-0.2, 0) is 0 Å². The molecular weight excluding hydrogens is 260 g/mol. The topological polar surface area (TPSA) is 35.7 Å². The Morgan fingerprint density at radius 1 is 1.05 bits per heavy atom. The van der Waals surface area contributed by atoms with Gasteiger partial charge in [0.25, 0.3) is 0 Å².